The van der Waals surface area contributed by atoms with Crippen LogP contribution in [0.1, 0.15) is 16.1 Å². The van der Waals surface area contributed by atoms with Crippen molar-refractivity contribution in [3.63, 3.8) is 0 Å². The lowest BCUT2D eigenvalue weighted by molar-refractivity contribution is 0.0777. The van der Waals surface area contributed by atoms with Crippen molar-refractivity contribution in [2.45, 2.75) is 6.54 Å². The topological polar surface area (TPSA) is 55.3 Å². The Bertz CT molecular complexity index is 649. The van der Waals surface area contributed by atoms with Crippen LogP contribution in [-0.2, 0) is 6.54 Å². The number of halogens is 2. The summed E-state index contributed by atoms with van der Waals surface area (Å²) in [5.74, 6) is 0.487. The zero-order valence-corrected chi connectivity index (χ0v) is 13.8. The number of amides is 1. The molecule has 1 aromatic carbocycles. The molecule has 0 aliphatic rings. The first-order valence-corrected chi connectivity index (χ1v) is 7.25. The first-order chi connectivity index (χ1) is 10.0. The number of benzene rings is 1. The predicted octanol–water partition coefficient (Wildman–Crippen LogP) is 3.17. The van der Waals surface area contributed by atoms with Crippen LogP contribution in [0.4, 0.5) is 0 Å². The van der Waals surface area contributed by atoms with Crippen LogP contribution in [0.2, 0.25) is 5.15 Å². The maximum atomic E-state index is 12.3. The van der Waals surface area contributed by atoms with Crippen LogP contribution in [0, 0.1) is 0 Å². The van der Waals surface area contributed by atoms with Crippen molar-refractivity contribution in [1.82, 2.24) is 15.1 Å². The fourth-order valence-electron chi connectivity index (χ4n) is 1.82. The van der Waals surface area contributed by atoms with E-state index in [4.69, 9.17) is 16.3 Å². The van der Waals surface area contributed by atoms with E-state index in [-0.39, 0.29) is 16.8 Å². The summed E-state index contributed by atoms with van der Waals surface area (Å²) >= 11 is 9.07. The Labute approximate surface area is 136 Å². The summed E-state index contributed by atoms with van der Waals surface area (Å²) in [5, 5.41) is 7.71. The molecular weight excluding hydrogens is 358 g/mol. The Morgan fingerprint density at radius 1 is 1.33 bits per heavy atom. The average Bonchev–Trinajstić information content (AvgIpc) is 2.47. The first-order valence-electron chi connectivity index (χ1n) is 6.08. The highest BCUT2D eigenvalue weighted by atomic mass is 79.9. The lowest BCUT2D eigenvalue weighted by Gasteiger charge is -2.18. The van der Waals surface area contributed by atoms with Crippen LogP contribution in [0.25, 0.3) is 0 Å². The molecule has 0 atom stereocenters. The summed E-state index contributed by atoms with van der Waals surface area (Å²) in [5.41, 5.74) is 1.14. The average molecular weight is 371 g/mol. The van der Waals surface area contributed by atoms with Crippen LogP contribution in [0.15, 0.2) is 34.8 Å². The van der Waals surface area contributed by atoms with Gasteiger partial charge in [-0.1, -0.05) is 27.5 Å². The van der Waals surface area contributed by atoms with Gasteiger partial charge in [-0.15, -0.1) is 10.2 Å². The Balaban J connectivity index is 2.17. The van der Waals surface area contributed by atoms with Gasteiger partial charge in [0.15, 0.2) is 10.8 Å². The van der Waals surface area contributed by atoms with Crippen molar-refractivity contribution in [3.05, 3.63) is 51.2 Å². The predicted molar refractivity (Wildman–Crippen MR) is 83.5 cm³/mol. The molecule has 0 saturated carbocycles. The van der Waals surface area contributed by atoms with Crippen LogP contribution >= 0.6 is 27.5 Å². The summed E-state index contributed by atoms with van der Waals surface area (Å²) in [4.78, 5) is 13.8. The molecule has 110 valence electrons. The van der Waals surface area contributed by atoms with Gasteiger partial charge in [0.1, 0.15) is 5.75 Å². The Kier molecular flexibility index (Phi) is 5.14. The van der Waals surface area contributed by atoms with Gasteiger partial charge < -0.3 is 9.64 Å². The number of hydrogen-bond donors (Lipinski definition) is 0. The number of hydrogen-bond acceptors (Lipinski definition) is 4. The van der Waals surface area contributed by atoms with Gasteiger partial charge in [0.25, 0.3) is 5.91 Å². The SMILES string of the molecule is COc1ccc(Br)cc1CN(C)C(=O)c1ccc(Cl)nn1. The van der Waals surface area contributed by atoms with E-state index in [1.807, 2.05) is 18.2 Å². The van der Waals surface area contributed by atoms with Crippen molar-refractivity contribution in [2.24, 2.45) is 0 Å². The van der Waals surface area contributed by atoms with E-state index in [0.717, 1.165) is 15.8 Å². The fourth-order valence-corrected chi connectivity index (χ4v) is 2.33. The third-order valence-corrected chi connectivity index (χ3v) is 3.54. The van der Waals surface area contributed by atoms with E-state index in [1.165, 1.54) is 6.07 Å². The summed E-state index contributed by atoms with van der Waals surface area (Å²) in [6, 6.07) is 8.73. The molecule has 21 heavy (non-hydrogen) atoms. The lowest BCUT2D eigenvalue weighted by atomic mass is 10.2. The lowest BCUT2D eigenvalue weighted by Crippen LogP contribution is -2.27. The molecule has 5 nitrogen and oxygen atoms in total. The second kappa shape index (κ2) is 6.87. The van der Waals surface area contributed by atoms with Crippen molar-refractivity contribution >= 4 is 33.4 Å². The molecule has 0 aliphatic heterocycles. The quantitative estimate of drug-likeness (QED) is 0.829. The number of carbonyl (C=O) groups excluding carboxylic acids is 1. The van der Waals surface area contributed by atoms with Crippen LogP contribution < -0.4 is 4.74 Å². The minimum atomic E-state index is -0.235. The molecular formula is C14H13BrClN3O2. The molecule has 0 N–H and O–H groups in total. The maximum Gasteiger partial charge on any atom is 0.274 e. The number of aromatic nitrogens is 2. The van der Waals surface area contributed by atoms with Crippen LogP contribution in [0.5, 0.6) is 5.75 Å². The molecule has 0 radical (unpaired) electrons. The largest absolute Gasteiger partial charge is 0.496 e. The summed E-state index contributed by atoms with van der Waals surface area (Å²) in [7, 11) is 3.29. The molecule has 0 saturated heterocycles. The molecule has 0 spiro atoms. The van der Waals surface area contributed by atoms with Gasteiger partial charge in [0, 0.05) is 23.6 Å². The number of nitrogens with zero attached hydrogens (tertiary/aromatic N) is 3. The summed E-state index contributed by atoms with van der Waals surface area (Å²) < 4.78 is 6.22. The van der Waals surface area contributed by atoms with E-state index in [2.05, 4.69) is 26.1 Å². The molecule has 2 rings (SSSR count). The van der Waals surface area contributed by atoms with Crippen LogP contribution in [0.3, 0.4) is 0 Å². The number of rotatable bonds is 4. The third-order valence-electron chi connectivity index (χ3n) is 2.85. The highest BCUT2D eigenvalue weighted by Crippen LogP contribution is 2.24. The minimum Gasteiger partial charge on any atom is -0.496 e. The van der Waals surface area contributed by atoms with E-state index < -0.39 is 0 Å². The molecule has 2 aromatic rings. The molecule has 0 fully saturated rings. The minimum absolute atomic E-state index is 0.235. The van der Waals surface area contributed by atoms with E-state index >= 15 is 0 Å². The van der Waals surface area contributed by atoms with Crippen molar-refractivity contribution in [2.75, 3.05) is 14.2 Å². The highest BCUT2D eigenvalue weighted by molar-refractivity contribution is 9.10. The van der Waals surface area contributed by atoms with E-state index in [0.29, 0.717) is 6.54 Å². The van der Waals surface area contributed by atoms with Gasteiger partial charge in [-0.3, -0.25) is 4.79 Å². The van der Waals surface area contributed by atoms with Gasteiger partial charge in [-0.2, -0.15) is 0 Å². The molecule has 1 heterocycles. The Morgan fingerprint density at radius 3 is 2.71 bits per heavy atom. The van der Waals surface area contributed by atoms with Crippen molar-refractivity contribution in [3.8, 4) is 5.75 Å². The van der Waals surface area contributed by atoms with Crippen LogP contribution in [-0.4, -0.2) is 35.2 Å². The molecule has 1 aromatic heterocycles. The number of carbonyl (C=O) groups is 1. The second-order valence-electron chi connectivity index (χ2n) is 4.36. The molecule has 1 amide bonds. The van der Waals surface area contributed by atoms with Gasteiger partial charge in [-0.25, -0.2) is 0 Å². The van der Waals surface area contributed by atoms with Gasteiger partial charge >= 0.3 is 0 Å². The fraction of sp³-hybridized carbons (Fsp3) is 0.214. The zero-order valence-electron chi connectivity index (χ0n) is 11.5. The van der Waals surface area contributed by atoms with E-state index in [9.17, 15) is 4.79 Å². The molecule has 0 unspecified atom stereocenters. The smallest absolute Gasteiger partial charge is 0.274 e. The standard InChI is InChI=1S/C14H13BrClN3O2/c1-19(14(20)11-4-6-13(16)18-17-11)8-9-7-10(15)3-5-12(9)21-2/h3-7H,8H2,1-2H3. The summed E-state index contributed by atoms with van der Waals surface area (Å²) in [6.07, 6.45) is 0. The molecule has 7 heteroatoms. The third kappa shape index (κ3) is 3.92. The monoisotopic (exact) mass is 369 g/mol. The first kappa shape index (κ1) is 15.7. The van der Waals surface area contributed by atoms with Crippen molar-refractivity contribution < 1.29 is 9.53 Å². The summed E-state index contributed by atoms with van der Waals surface area (Å²) in [6.45, 7) is 0.395. The Hall–Kier alpha value is -1.66. The molecule has 0 bridgehead atoms. The normalized spacial score (nSPS) is 10.3. The highest BCUT2D eigenvalue weighted by Gasteiger charge is 2.16. The number of methoxy groups -OCH3 is 1. The van der Waals surface area contributed by atoms with Gasteiger partial charge in [0.2, 0.25) is 0 Å². The molecule has 0 aliphatic carbocycles. The maximum absolute atomic E-state index is 12.3. The second-order valence-corrected chi connectivity index (χ2v) is 5.66. The van der Waals surface area contributed by atoms with Gasteiger partial charge in [-0.05, 0) is 30.3 Å². The Morgan fingerprint density at radius 2 is 2.10 bits per heavy atom. The zero-order chi connectivity index (χ0) is 15.4. The number of ether oxygens (including phenoxy) is 1. The van der Waals surface area contributed by atoms with Crippen molar-refractivity contribution in [1.29, 1.82) is 0 Å². The van der Waals surface area contributed by atoms with Gasteiger partial charge in [0.05, 0.1) is 7.11 Å². The van der Waals surface area contributed by atoms with E-state index in [1.54, 1.807) is 25.1 Å².